The van der Waals surface area contributed by atoms with E-state index in [4.69, 9.17) is 5.73 Å². The molecule has 0 fully saturated rings. The molecule has 0 aromatic heterocycles. The number of hydrogen-bond acceptors (Lipinski definition) is 2. The van der Waals surface area contributed by atoms with Gasteiger partial charge in [0.15, 0.2) is 0 Å². The molecule has 2 rings (SSSR count). The maximum Gasteiger partial charge on any atom is 0.254 e. The molecule has 0 aliphatic heterocycles. The van der Waals surface area contributed by atoms with E-state index in [1.807, 2.05) is 18.2 Å². The van der Waals surface area contributed by atoms with E-state index in [9.17, 15) is 13.6 Å². The summed E-state index contributed by atoms with van der Waals surface area (Å²) in [7, 11) is 0. The lowest BCUT2D eigenvalue weighted by Gasteiger charge is -2.17. The smallest absolute Gasteiger partial charge is 0.254 e. The van der Waals surface area contributed by atoms with Crippen LogP contribution in [-0.2, 0) is 0 Å². The van der Waals surface area contributed by atoms with Crippen molar-refractivity contribution in [1.29, 1.82) is 0 Å². The maximum absolute atomic E-state index is 13.5. The van der Waals surface area contributed by atoms with Gasteiger partial charge in [0.25, 0.3) is 5.91 Å². The highest BCUT2D eigenvalue weighted by Gasteiger charge is 2.17. The molecule has 2 aromatic rings. The predicted molar refractivity (Wildman–Crippen MR) is 72.1 cm³/mol. The molecule has 1 amide bonds. The van der Waals surface area contributed by atoms with Crippen LogP contribution in [0.4, 0.5) is 8.78 Å². The Morgan fingerprint density at radius 3 is 2.50 bits per heavy atom. The zero-order valence-corrected chi connectivity index (χ0v) is 10.6. The van der Waals surface area contributed by atoms with Gasteiger partial charge in [-0.3, -0.25) is 4.79 Å². The van der Waals surface area contributed by atoms with Crippen LogP contribution in [0.25, 0.3) is 0 Å². The van der Waals surface area contributed by atoms with E-state index in [0.29, 0.717) is 0 Å². The van der Waals surface area contributed by atoms with E-state index < -0.39 is 23.6 Å². The summed E-state index contributed by atoms with van der Waals surface area (Å²) in [4.78, 5) is 12.0. The van der Waals surface area contributed by atoms with Crippen LogP contribution in [0.5, 0.6) is 0 Å². The summed E-state index contributed by atoms with van der Waals surface area (Å²) in [6, 6.07) is 11.4. The highest BCUT2D eigenvalue weighted by atomic mass is 19.1. The lowest BCUT2D eigenvalue weighted by Crippen LogP contribution is -2.33. The first kappa shape index (κ1) is 14.1. The lowest BCUT2D eigenvalue weighted by atomic mass is 10.1. The second-order valence-electron chi connectivity index (χ2n) is 4.30. The molecule has 20 heavy (non-hydrogen) atoms. The normalized spacial score (nSPS) is 11.9. The van der Waals surface area contributed by atoms with Crippen LogP contribution in [0, 0.1) is 11.6 Å². The Morgan fingerprint density at radius 2 is 1.85 bits per heavy atom. The van der Waals surface area contributed by atoms with Crippen LogP contribution in [-0.4, -0.2) is 12.5 Å². The summed E-state index contributed by atoms with van der Waals surface area (Å²) >= 11 is 0. The molecule has 3 nitrogen and oxygen atoms in total. The van der Waals surface area contributed by atoms with Gasteiger partial charge in [0.2, 0.25) is 0 Å². The fourth-order valence-electron chi connectivity index (χ4n) is 1.87. The van der Waals surface area contributed by atoms with E-state index >= 15 is 0 Å². The Balaban J connectivity index is 2.20. The van der Waals surface area contributed by atoms with Crippen LogP contribution in [0.1, 0.15) is 22.0 Å². The van der Waals surface area contributed by atoms with Crippen LogP contribution in [0.2, 0.25) is 0 Å². The number of rotatable bonds is 4. The SMILES string of the molecule is NCC(NC(=O)c1cc(F)ccc1F)c1ccccc1. The van der Waals surface area contributed by atoms with Crippen molar-refractivity contribution >= 4 is 5.91 Å². The van der Waals surface area contributed by atoms with Gasteiger partial charge in [-0.25, -0.2) is 8.78 Å². The van der Waals surface area contributed by atoms with Crippen LogP contribution >= 0.6 is 0 Å². The molecule has 0 saturated carbocycles. The molecule has 1 atom stereocenters. The fourth-order valence-corrected chi connectivity index (χ4v) is 1.87. The highest BCUT2D eigenvalue weighted by Crippen LogP contribution is 2.14. The topological polar surface area (TPSA) is 55.1 Å². The van der Waals surface area contributed by atoms with E-state index in [-0.39, 0.29) is 12.1 Å². The van der Waals surface area contributed by atoms with E-state index in [0.717, 1.165) is 23.8 Å². The molecule has 0 aliphatic rings. The number of carbonyl (C=O) groups is 1. The molecule has 3 N–H and O–H groups in total. The van der Waals surface area contributed by atoms with Gasteiger partial charge in [-0.2, -0.15) is 0 Å². The summed E-state index contributed by atoms with van der Waals surface area (Å²) in [6.45, 7) is 0.159. The van der Waals surface area contributed by atoms with Gasteiger partial charge in [0.05, 0.1) is 11.6 Å². The average molecular weight is 276 g/mol. The minimum absolute atomic E-state index is 0.159. The Labute approximate surface area is 115 Å². The molecule has 0 spiro atoms. The van der Waals surface area contributed by atoms with E-state index in [1.54, 1.807) is 12.1 Å². The van der Waals surface area contributed by atoms with Gasteiger partial charge in [0, 0.05) is 6.54 Å². The third kappa shape index (κ3) is 3.19. The molecule has 0 bridgehead atoms. The van der Waals surface area contributed by atoms with Crippen LogP contribution in [0.3, 0.4) is 0 Å². The molecular formula is C15H14F2N2O. The third-order valence-electron chi connectivity index (χ3n) is 2.92. The molecule has 0 saturated heterocycles. The number of halogens is 2. The molecule has 1 unspecified atom stereocenters. The number of amides is 1. The van der Waals surface area contributed by atoms with E-state index in [1.165, 1.54) is 0 Å². The molecule has 0 heterocycles. The molecule has 5 heteroatoms. The Morgan fingerprint density at radius 1 is 1.15 bits per heavy atom. The number of carbonyl (C=O) groups excluding carboxylic acids is 1. The summed E-state index contributed by atoms with van der Waals surface area (Å²) in [5, 5.41) is 2.60. The van der Waals surface area contributed by atoms with Gasteiger partial charge in [-0.1, -0.05) is 30.3 Å². The first-order chi connectivity index (χ1) is 9.61. The van der Waals surface area contributed by atoms with Crippen molar-refractivity contribution < 1.29 is 13.6 Å². The van der Waals surface area contributed by atoms with Crippen LogP contribution in [0.15, 0.2) is 48.5 Å². The number of benzene rings is 2. The highest BCUT2D eigenvalue weighted by molar-refractivity contribution is 5.94. The van der Waals surface area contributed by atoms with Crippen molar-refractivity contribution in [2.45, 2.75) is 6.04 Å². The second-order valence-corrected chi connectivity index (χ2v) is 4.30. The van der Waals surface area contributed by atoms with Crippen molar-refractivity contribution in [1.82, 2.24) is 5.32 Å². The van der Waals surface area contributed by atoms with Crippen molar-refractivity contribution in [2.75, 3.05) is 6.54 Å². The Bertz CT molecular complexity index is 602. The number of hydrogen-bond donors (Lipinski definition) is 2. The number of nitrogens with two attached hydrogens (primary N) is 1. The maximum atomic E-state index is 13.5. The summed E-state index contributed by atoms with van der Waals surface area (Å²) in [6.07, 6.45) is 0. The summed E-state index contributed by atoms with van der Waals surface area (Å²) < 4.78 is 26.6. The quantitative estimate of drug-likeness (QED) is 0.901. The third-order valence-corrected chi connectivity index (χ3v) is 2.92. The Hall–Kier alpha value is -2.27. The first-order valence-electron chi connectivity index (χ1n) is 6.12. The minimum Gasteiger partial charge on any atom is -0.344 e. The largest absolute Gasteiger partial charge is 0.344 e. The van der Waals surface area contributed by atoms with Crippen LogP contribution < -0.4 is 11.1 Å². The van der Waals surface area contributed by atoms with Crippen molar-refractivity contribution in [3.05, 3.63) is 71.3 Å². The van der Waals surface area contributed by atoms with Crippen molar-refractivity contribution in [3.8, 4) is 0 Å². The predicted octanol–water partition coefficient (Wildman–Crippen LogP) is 2.39. The standard InChI is InChI=1S/C15H14F2N2O/c16-11-6-7-13(17)12(8-11)15(20)19-14(9-18)10-4-2-1-3-5-10/h1-8,14H,9,18H2,(H,19,20). The van der Waals surface area contributed by atoms with Crippen molar-refractivity contribution in [2.24, 2.45) is 5.73 Å². The molecule has 0 aliphatic carbocycles. The molecular weight excluding hydrogens is 262 g/mol. The number of nitrogens with one attached hydrogen (secondary N) is 1. The second kappa shape index (κ2) is 6.25. The minimum atomic E-state index is -0.771. The zero-order chi connectivity index (χ0) is 14.5. The van der Waals surface area contributed by atoms with Gasteiger partial charge >= 0.3 is 0 Å². The molecule has 2 aromatic carbocycles. The van der Waals surface area contributed by atoms with Gasteiger partial charge in [0.1, 0.15) is 11.6 Å². The van der Waals surface area contributed by atoms with Gasteiger partial charge < -0.3 is 11.1 Å². The fraction of sp³-hybridized carbons (Fsp3) is 0.133. The summed E-state index contributed by atoms with van der Waals surface area (Å²) in [5.41, 5.74) is 6.09. The average Bonchev–Trinajstić information content (AvgIpc) is 2.48. The van der Waals surface area contributed by atoms with E-state index in [2.05, 4.69) is 5.32 Å². The molecule has 0 radical (unpaired) electrons. The lowest BCUT2D eigenvalue weighted by molar-refractivity contribution is 0.0933. The van der Waals surface area contributed by atoms with Gasteiger partial charge in [-0.05, 0) is 23.8 Å². The summed E-state index contributed by atoms with van der Waals surface area (Å²) in [5.74, 6) is -2.13. The zero-order valence-electron chi connectivity index (χ0n) is 10.6. The first-order valence-corrected chi connectivity index (χ1v) is 6.12. The monoisotopic (exact) mass is 276 g/mol. The Kier molecular flexibility index (Phi) is 4.42. The van der Waals surface area contributed by atoms with Crippen molar-refractivity contribution in [3.63, 3.8) is 0 Å². The molecule has 104 valence electrons. The van der Waals surface area contributed by atoms with Gasteiger partial charge in [-0.15, -0.1) is 0 Å².